The maximum atomic E-state index is 14.5. The summed E-state index contributed by atoms with van der Waals surface area (Å²) in [7, 11) is 0. The SMILES string of the molecule is CC(=O)N[C@H]1CC[C@H](NC(=O)c2cnc(Nc3ccc(C#N)cn3)cc2N[C@@H]2CCOC[C@H]2F)CC1. The number of carbonyl (C=O) groups is 2. The van der Waals surface area contributed by atoms with E-state index in [2.05, 4.69) is 31.2 Å². The van der Waals surface area contributed by atoms with Crippen molar-refractivity contribution in [2.45, 2.75) is 63.3 Å². The Hall–Kier alpha value is -3.78. The molecule has 0 unspecified atom stereocenters. The molecular formula is C25H30FN7O3. The number of pyridine rings is 2. The van der Waals surface area contributed by atoms with E-state index >= 15 is 0 Å². The van der Waals surface area contributed by atoms with E-state index in [9.17, 15) is 14.0 Å². The van der Waals surface area contributed by atoms with Gasteiger partial charge in [-0.05, 0) is 44.2 Å². The van der Waals surface area contributed by atoms with E-state index in [1.807, 2.05) is 6.07 Å². The van der Waals surface area contributed by atoms with Crippen molar-refractivity contribution in [3.8, 4) is 6.07 Å². The number of hydrogen-bond acceptors (Lipinski definition) is 8. The molecule has 1 aliphatic carbocycles. The Labute approximate surface area is 209 Å². The monoisotopic (exact) mass is 495 g/mol. The molecular weight excluding hydrogens is 465 g/mol. The maximum Gasteiger partial charge on any atom is 0.255 e. The van der Waals surface area contributed by atoms with Crippen molar-refractivity contribution in [1.29, 1.82) is 5.26 Å². The van der Waals surface area contributed by atoms with Crippen LogP contribution in [0, 0.1) is 11.3 Å². The number of aromatic nitrogens is 2. The van der Waals surface area contributed by atoms with Gasteiger partial charge in [-0.15, -0.1) is 0 Å². The summed E-state index contributed by atoms with van der Waals surface area (Å²) < 4.78 is 19.7. The molecule has 3 heterocycles. The molecule has 36 heavy (non-hydrogen) atoms. The standard InChI is InChI=1S/C25H30FN7O3/c1-15(34)30-17-3-5-18(6-4-17)31-25(35)19-13-29-24(33-23-7-2-16(11-27)12-28-23)10-22(19)32-21-8-9-36-14-20(21)26/h2,7,10,12-13,17-18,20-21H,3-6,8-9,14H2,1H3,(H,30,34)(H,31,35)(H2,28,29,32,33)/t17-,18-,20-,21-/m1/s1. The molecule has 2 aromatic rings. The zero-order chi connectivity index (χ0) is 25.5. The number of nitrogens with zero attached hydrogens (tertiary/aromatic N) is 3. The fourth-order valence-corrected chi connectivity index (χ4v) is 4.49. The molecule has 10 nitrogen and oxygen atoms in total. The van der Waals surface area contributed by atoms with Crippen molar-refractivity contribution in [3.63, 3.8) is 0 Å². The Balaban J connectivity index is 1.49. The van der Waals surface area contributed by atoms with Gasteiger partial charge in [-0.2, -0.15) is 5.26 Å². The Morgan fingerprint density at radius 2 is 1.78 bits per heavy atom. The van der Waals surface area contributed by atoms with E-state index in [1.54, 1.807) is 18.2 Å². The van der Waals surface area contributed by atoms with Crippen LogP contribution in [0.2, 0.25) is 0 Å². The molecule has 2 fully saturated rings. The number of amides is 2. The first-order chi connectivity index (χ1) is 17.4. The largest absolute Gasteiger partial charge is 0.378 e. The number of nitriles is 1. The smallest absolute Gasteiger partial charge is 0.255 e. The average molecular weight is 496 g/mol. The zero-order valence-corrected chi connectivity index (χ0v) is 20.1. The molecule has 4 N–H and O–H groups in total. The molecule has 0 spiro atoms. The van der Waals surface area contributed by atoms with Gasteiger partial charge in [0, 0.05) is 44.1 Å². The maximum absolute atomic E-state index is 14.5. The molecule has 2 amide bonds. The van der Waals surface area contributed by atoms with Crippen LogP contribution >= 0.6 is 0 Å². The fraction of sp³-hybridized carbons (Fsp3) is 0.480. The summed E-state index contributed by atoms with van der Waals surface area (Å²) in [6.07, 6.45) is 5.26. The van der Waals surface area contributed by atoms with Crippen LogP contribution in [0.15, 0.2) is 30.6 Å². The van der Waals surface area contributed by atoms with Crippen LogP contribution in [0.1, 0.15) is 54.9 Å². The van der Waals surface area contributed by atoms with Crippen LogP contribution in [-0.4, -0.2) is 59.3 Å². The quantitative estimate of drug-likeness (QED) is 0.460. The second kappa shape index (κ2) is 11.8. The second-order valence-corrected chi connectivity index (χ2v) is 9.14. The molecule has 190 valence electrons. The van der Waals surface area contributed by atoms with Gasteiger partial charge in [0.25, 0.3) is 5.91 Å². The summed E-state index contributed by atoms with van der Waals surface area (Å²) in [5.74, 6) is 0.562. The minimum atomic E-state index is -1.21. The van der Waals surface area contributed by atoms with E-state index in [0.29, 0.717) is 41.5 Å². The summed E-state index contributed by atoms with van der Waals surface area (Å²) in [5, 5.41) is 21.2. The summed E-state index contributed by atoms with van der Waals surface area (Å²) in [6.45, 7) is 1.94. The molecule has 1 aliphatic heterocycles. The summed E-state index contributed by atoms with van der Waals surface area (Å²) in [5.41, 5.74) is 1.21. The predicted molar refractivity (Wildman–Crippen MR) is 132 cm³/mol. The molecule has 0 aromatic carbocycles. The van der Waals surface area contributed by atoms with Gasteiger partial charge in [-0.25, -0.2) is 14.4 Å². The van der Waals surface area contributed by atoms with Crippen LogP contribution < -0.4 is 21.3 Å². The van der Waals surface area contributed by atoms with Gasteiger partial charge in [0.1, 0.15) is 23.9 Å². The number of anilines is 3. The van der Waals surface area contributed by atoms with Crippen LogP contribution in [0.25, 0.3) is 0 Å². The molecule has 11 heteroatoms. The topological polar surface area (TPSA) is 141 Å². The van der Waals surface area contributed by atoms with Gasteiger partial charge in [0.15, 0.2) is 0 Å². The third-order valence-corrected chi connectivity index (χ3v) is 6.39. The normalized spacial score (nSPS) is 23.7. The lowest BCUT2D eigenvalue weighted by molar-refractivity contribution is -0.119. The van der Waals surface area contributed by atoms with Crippen LogP contribution in [0.5, 0.6) is 0 Å². The first-order valence-corrected chi connectivity index (χ1v) is 12.1. The van der Waals surface area contributed by atoms with Gasteiger partial charge >= 0.3 is 0 Å². The number of carbonyl (C=O) groups excluding carboxylic acids is 2. The van der Waals surface area contributed by atoms with E-state index in [0.717, 1.165) is 25.7 Å². The Morgan fingerprint density at radius 3 is 2.42 bits per heavy atom. The summed E-state index contributed by atoms with van der Waals surface area (Å²) in [6, 6.07) is 6.57. The molecule has 0 bridgehead atoms. The van der Waals surface area contributed by atoms with Crippen molar-refractivity contribution in [2.24, 2.45) is 0 Å². The molecule has 2 aliphatic rings. The van der Waals surface area contributed by atoms with Crippen LogP contribution in [0.3, 0.4) is 0 Å². The van der Waals surface area contributed by atoms with E-state index < -0.39 is 12.2 Å². The van der Waals surface area contributed by atoms with Crippen molar-refractivity contribution in [3.05, 3.63) is 41.7 Å². The Bertz CT molecular complexity index is 1110. The van der Waals surface area contributed by atoms with Crippen LogP contribution in [0.4, 0.5) is 21.7 Å². The molecule has 2 aromatic heterocycles. The number of nitrogens with one attached hydrogen (secondary N) is 4. The van der Waals surface area contributed by atoms with Crippen molar-refractivity contribution >= 4 is 29.1 Å². The lowest BCUT2D eigenvalue weighted by Crippen LogP contribution is -2.43. The third kappa shape index (κ3) is 6.66. The van der Waals surface area contributed by atoms with E-state index in [1.165, 1.54) is 19.3 Å². The van der Waals surface area contributed by atoms with Gasteiger partial charge < -0.3 is 26.0 Å². The van der Waals surface area contributed by atoms with Crippen molar-refractivity contribution < 1.29 is 18.7 Å². The zero-order valence-electron chi connectivity index (χ0n) is 20.1. The lowest BCUT2D eigenvalue weighted by Gasteiger charge is -2.30. The number of rotatable bonds is 7. The lowest BCUT2D eigenvalue weighted by atomic mass is 9.91. The molecule has 1 saturated heterocycles. The Morgan fingerprint density at radius 1 is 1.06 bits per heavy atom. The minimum absolute atomic E-state index is 0.00207. The summed E-state index contributed by atoms with van der Waals surface area (Å²) >= 11 is 0. The fourth-order valence-electron chi connectivity index (χ4n) is 4.49. The van der Waals surface area contributed by atoms with E-state index in [4.69, 9.17) is 10.00 Å². The average Bonchev–Trinajstić information content (AvgIpc) is 2.87. The van der Waals surface area contributed by atoms with Gasteiger partial charge in [-0.1, -0.05) is 0 Å². The number of ether oxygens (including phenoxy) is 1. The first kappa shape index (κ1) is 25.3. The third-order valence-electron chi connectivity index (χ3n) is 6.39. The Kier molecular flexibility index (Phi) is 8.28. The highest BCUT2D eigenvalue weighted by Crippen LogP contribution is 2.26. The van der Waals surface area contributed by atoms with Crippen LogP contribution in [-0.2, 0) is 9.53 Å². The van der Waals surface area contributed by atoms with Gasteiger partial charge in [0.2, 0.25) is 5.91 Å². The highest BCUT2D eigenvalue weighted by molar-refractivity contribution is 6.00. The number of halogens is 1. The molecule has 0 radical (unpaired) electrons. The molecule has 1 saturated carbocycles. The molecule has 2 atom stereocenters. The molecule has 4 rings (SSSR count). The highest BCUT2D eigenvalue weighted by Gasteiger charge is 2.28. The van der Waals surface area contributed by atoms with Crippen molar-refractivity contribution in [1.82, 2.24) is 20.6 Å². The second-order valence-electron chi connectivity index (χ2n) is 9.14. The van der Waals surface area contributed by atoms with E-state index in [-0.39, 0.29) is 30.5 Å². The van der Waals surface area contributed by atoms with Gasteiger partial charge in [-0.3, -0.25) is 9.59 Å². The summed E-state index contributed by atoms with van der Waals surface area (Å²) in [4.78, 5) is 33.1. The number of alkyl halides is 1. The van der Waals surface area contributed by atoms with Crippen molar-refractivity contribution in [2.75, 3.05) is 23.8 Å². The van der Waals surface area contributed by atoms with Gasteiger partial charge in [0.05, 0.1) is 29.5 Å². The number of hydrogen-bond donors (Lipinski definition) is 4. The first-order valence-electron chi connectivity index (χ1n) is 12.1. The highest BCUT2D eigenvalue weighted by atomic mass is 19.1. The predicted octanol–water partition coefficient (Wildman–Crippen LogP) is 2.81. The minimum Gasteiger partial charge on any atom is -0.378 e.